The Balaban J connectivity index is 2.54. The molecule has 1 aromatic heterocycles. The van der Waals surface area contributed by atoms with Gasteiger partial charge in [-0.15, -0.1) is 0 Å². The molecule has 0 aliphatic heterocycles. The van der Waals surface area contributed by atoms with Crippen LogP contribution >= 0.6 is 0 Å². The van der Waals surface area contributed by atoms with Gasteiger partial charge in [0.15, 0.2) is 0 Å². The molecule has 0 unspecified atom stereocenters. The van der Waals surface area contributed by atoms with Crippen LogP contribution in [0.1, 0.15) is 18.9 Å². The zero-order valence-corrected chi connectivity index (χ0v) is 9.45. The van der Waals surface area contributed by atoms with Crippen molar-refractivity contribution in [1.29, 1.82) is 0 Å². The van der Waals surface area contributed by atoms with Crippen molar-refractivity contribution in [3.63, 3.8) is 0 Å². The number of urea groups is 1. The molecule has 0 spiro atoms. The highest BCUT2D eigenvalue weighted by Gasteiger charge is 2.07. The largest absolute Gasteiger partial charge is 0.328 e. The third-order valence-corrected chi connectivity index (χ3v) is 2.05. The average Bonchev–Trinajstić information content (AvgIpc) is 2.22. The molecular weight excluding hydrogens is 190 g/mol. The molecule has 0 aromatic carbocycles. The Labute approximate surface area is 90.3 Å². The van der Waals surface area contributed by atoms with Gasteiger partial charge in [0, 0.05) is 19.8 Å². The summed E-state index contributed by atoms with van der Waals surface area (Å²) >= 11 is 0. The molecule has 0 saturated heterocycles. The van der Waals surface area contributed by atoms with Gasteiger partial charge in [0.25, 0.3) is 0 Å². The summed E-state index contributed by atoms with van der Waals surface area (Å²) in [5.41, 5.74) is 1.08. The summed E-state index contributed by atoms with van der Waals surface area (Å²) < 4.78 is 0. The molecule has 4 heteroatoms. The van der Waals surface area contributed by atoms with Crippen LogP contribution in [0.4, 0.5) is 10.6 Å². The van der Waals surface area contributed by atoms with Gasteiger partial charge >= 0.3 is 6.03 Å². The van der Waals surface area contributed by atoms with E-state index in [1.807, 2.05) is 19.9 Å². The molecule has 0 aliphatic carbocycles. The highest BCUT2D eigenvalue weighted by atomic mass is 16.2. The standard InChI is InChI=1S/C11H17N3O/c1-4-7-14(3)11(15)13-10-6-5-9(2)8-12-10/h5-6,8H,4,7H2,1-3H3,(H,12,13,15). The fraction of sp³-hybridized carbons (Fsp3) is 0.455. The second-order valence-electron chi connectivity index (χ2n) is 3.57. The number of anilines is 1. The average molecular weight is 207 g/mol. The van der Waals surface area contributed by atoms with Crippen LogP contribution in [0.5, 0.6) is 0 Å². The highest BCUT2D eigenvalue weighted by Crippen LogP contribution is 2.04. The van der Waals surface area contributed by atoms with E-state index in [-0.39, 0.29) is 6.03 Å². The summed E-state index contributed by atoms with van der Waals surface area (Å²) in [4.78, 5) is 17.3. The van der Waals surface area contributed by atoms with Crippen molar-refractivity contribution in [3.8, 4) is 0 Å². The first-order valence-electron chi connectivity index (χ1n) is 5.08. The monoisotopic (exact) mass is 207 g/mol. The molecule has 0 saturated carbocycles. The third kappa shape index (κ3) is 3.58. The Kier molecular flexibility index (Phi) is 4.09. The normalized spacial score (nSPS) is 9.80. The molecule has 0 radical (unpaired) electrons. The van der Waals surface area contributed by atoms with Crippen molar-refractivity contribution in [2.45, 2.75) is 20.3 Å². The number of aromatic nitrogens is 1. The summed E-state index contributed by atoms with van der Waals surface area (Å²) in [5.74, 6) is 0.591. The number of hydrogen-bond acceptors (Lipinski definition) is 2. The minimum Gasteiger partial charge on any atom is -0.328 e. The number of nitrogens with zero attached hydrogens (tertiary/aromatic N) is 2. The van der Waals surface area contributed by atoms with Gasteiger partial charge in [0.1, 0.15) is 5.82 Å². The van der Waals surface area contributed by atoms with Gasteiger partial charge in [-0.1, -0.05) is 13.0 Å². The Morgan fingerprint density at radius 1 is 1.53 bits per heavy atom. The molecule has 1 N–H and O–H groups in total. The van der Waals surface area contributed by atoms with Crippen LogP contribution in [0.2, 0.25) is 0 Å². The van der Waals surface area contributed by atoms with E-state index in [4.69, 9.17) is 0 Å². The number of rotatable bonds is 3. The van der Waals surface area contributed by atoms with Gasteiger partial charge < -0.3 is 4.90 Å². The molecule has 1 aromatic rings. The number of carbonyl (C=O) groups is 1. The number of amides is 2. The molecular formula is C11H17N3O. The predicted octanol–water partition coefficient (Wildman–Crippen LogP) is 2.26. The number of hydrogen-bond donors (Lipinski definition) is 1. The highest BCUT2D eigenvalue weighted by molar-refractivity contribution is 5.88. The van der Waals surface area contributed by atoms with E-state index in [1.165, 1.54) is 0 Å². The van der Waals surface area contributed by atoms with E-state index < -0.39 is 0 Å². The van der Waals surface area contributed by atoms with Crippen LogP contribution in [0.25, 0.3) is 0 Å². The Bertz CT molecular complexity index is 321. The van der Waals surface area contributed by atoms with Gasteiger partial charge in [-0.2, -0.15) is 0 Å². The molecule has 82 valence electrons. The van der Waals surface area contributed by atoms with E-state index in [0.29, 0.717) is 5.82 Å². The fourth-order valence-corrected chi connectivity index (χ4v) is 1.18. The molecule has 1 heterocycles. The van der Waals surface area contributed by atoms with E-state index in [9.17, 15) is 4.79 Å². The van der Waals surface area contributed by atoms with Crippen molar-refractivity contribution >= 4 is 11.8 Å². The predicted molar refractivity (Wildman–Crippen MR) is 60.9 cm³/mol. The smallest absolute Gasteiger partial charge is 0.322 e. The third-order valence-electron chi connectivity index (χ3n) is 2.05. The summed E-state index contributed by atoms with van der Waals surface area (Å²) in [6, 6.07) is 3.60. The van der Waals surface area contributed by atoms with Crippen LogP contribution in [-0.2, 0) is 0 Å². The maximum atomic E-state index is 11.6. The van der Waals surface area contributed by atoms with E-state index in [1.54, 1.807) is 24.2 Å². The van der Waals surface area contributed by atoms with Crippen LogP contribution in [0, 0.1) is 6.92 Å². The van der Waals surface area contributed by atoms with Crippen molar-refractivity contribution in [2.24, 2.45) is 0 Å². The molecule has 0 aliphatic rings. The number of aryl methyl sites for hydroxylation is 1. The second-order valence-corrected chi connectivity index (χ2v) is 3.57. The van der Waals surface area contributed by atoms with Crippen LogP contribution < -0.4 is 5.32 Å². The van der Waals surface area contributed by atoms with Crippen LogP contribution in [0.15, 0.2) is 18.3 Å². The lowest BCUT2D eigenvalue weighted by Gasteiger charge is -2.16. The molecule has 0 atom stereocenters. The summed E-state index contributed by atoms with van der Waals surface area (Å²) in [7, 11) is 1.77. The number of pyridine rings is 1. The minimum atomic E-state index is -0.117. The second kappa shape index (κ2) is 5.34. The van der Waals surface area contributed by atoms with Crippen LogP contribution in [-0.4, -0.2) is 29.5 Å². The quantitative estimate of drug-likeness (QED) is 0.826. The van der Waals surface area contributed by atoms with Crippen LogP contribution in [0.3, 0.4) is 0 Å². The summed E-state index contributed by atoms with van der Waals surface area (Å²) in [5, 5.41) is 2.73. The molecule has 0 fully saturated rings. The van der Waals surface area contributed by atoms with E-state index in [2.05, 4.69) is 10.3 Å². The Morgan fingerprint density at radius 3 is 2.80 bits per heavy atom. The Morgan fingerprint density at radius 2 is 2.27 bits per heavy atom. The molecule has 1 rings (SSSR count). The zero-order chi connectivity index (χ0) is 11.3. The lowest BCUT2D eigenvalue weighted by molar-refractivity contribution is 0.222. The van der Waals surface area contributed by atoms with Crippen molar-refractivity contribution < 1.29 is 4.79 Å². The van der Waals surface area contributed by atoms with Crippen molar-refractivity contribution in [2.75, 3.05) is 18.9 Å². The maximum absolute atomic E-state index is 11.6. The van der Waals surface area contributed by atoms with Gasteiger partial charge in [-0.05, 0) is 25.0 Å². The lowest BCUT2D eigenvalue weighted by atomic mass is 10.3. The molecule has 4 nitrogen and oxygen atoms in total. The summed E-state index contributed by atoms with van der Waals surface area (Å²) in [6.45, 7) is 4.74. The minimum absolute atomic E-state index is 0.117. The lowest BCUT2D eigenvalue weighted by Crippen LogP contribution is -2.32. The first-order valence-corrected chi connectivity index (χ1v) is 5.08. The first-order chi connectivity index (χ1) is 7.13. The number of nitrogens with one attached hydrogen (secondary N) is 1. The van der Waals surface area contributed by atoms with Gasteiger partial charge in [0.2, 0.25) is 0 Å². The van der Waals surface area contributed by atoms with Gasteiger partial charge in [-0.3, -0.25) is 5.32 Å². The van der Waals surface area contributed by atoms with Crippen molar-refractivity contribution in [3.05, 3.63) is 23.9 Å². The zero-order valence-electron chi connectivity index (χ0n) is 9.45. The molecule has 15 heavy (non-hydrogen) atoms. The topological polar surface area (TPSA) is 45.2 Å². The fourth-order valence-electron chi connectivity index (χ4n) is 1.18. The van der Waals surface area contributed by atoms with Crippen molar-refractivity contribution in [1.82, 2.24) is 9.88 Å². The number of carbonyl (C=O) groups excluding carboxylic acids is 1. The van der Waals surface area contributed by atoms with E-state index >= 15 is 0 Å². The maximum Gasteiger partial charge on any atom is 0.322 e. The summed E-state index contributed by atoms with van der Waals surface area (Å²) in [6.07, 6.45) is 2.68. The SMILES string of the molecule is CCCN(C)C(=O)Nc1ccc(C)cn1. The van der Waals surface area contributed by atoms with Gasteiger partial charge in [-0.25, -0.2) is 9.78 Å². The molecule has 2 amide bonds. The van der Waals surface area contributed by atoms with E-state index in [0.717, 1.165) is 18.5 Å². The first kappa shape index (κ1) is 11.5. The van der Waals surface area contributed by atoms with Gasteiger partial charge in [0.05, 0.1) is 0 Å². The Hall–Kier alpha value is -1.58. The molecule has 0 bridgehead atoms.